The van der Waals surface area contributed by atoms with E-state index in [4.69, 9.17) is 26.1 Å². The number of ether oxygens (including phenoxy) is 2. The number of allylic oxidation sites excluding steroid dienone is 1. The number of nitrogens with zero attached hydrogens (tertiary/aromatic N) is 5. The lowest BCUT2D eigenvalue weighted by Gasteiger charge is -2.38. The molecule has 0 unspecified atom stereocenters. The minimum atomic E-state index is -1.12. The fourth-order valence-electron chi connectivity index (χ4n) is 8.28. The molecule has 2 aromatic carbocycles. The Morgan fingerprint density at radius 2 is 1.73 bits per heavy atom. The largest absolute Gasteiger partial charge is 0.465 e. The Labute approximate surface area is 344 Å². The number of rotatable bonds is 13. The summed E-state index contributed by atoms with van der Waals surface area (Å²) >= 11 is 8.06. The topological polar surface area (TPSA) is 63.1 Å². The lowest BCUT2D eigenvalue weighted by atomic mass is 9.72. The highest BCUT2D eigenvalue weighted by Gasteiger charge is 2.30. The summed E-state index contributed by atoms with van der Waals surface area (Å²) in [4.78, 5) is 25.9. The Kier molecular flexibility index (Phi) is 12.9. The number of halogens is 1. The Hall–Kier alpha value is -3.28. The van der Waals surface area contributed by atoms with Gasteiger partial charge in [-0.2, -0.15) is 0 Å². The van der Waals surface area contributed by atoms with Crippen molar-refractivity contribution >= 4 is 71.1 Å². The SMILES string of the molecule is COC(=O)c1ccc(N2CCN(CCC3=C(c4ccc(Cl)cc4)CC(C)(C)CC3)CC2)cc1N1CCCSc2nc3c(ccn3CCOCC[Si](C)(C)C)cc21. The summed E-state index contributed by atoms with van der Waals surface area (Å²) in [6.45, 7) is 20.0. The summed E-state index contributed by atoms with van der Waals surface area (Å²) in [7, 11) is 0.352. The maximum absolute atomic E-state index is 13.3. The van der Waals surface area contributed by atoms with Gasteiger partial charge in [0.15, 0.2) is 0 Å². The Balaban J connectivity index is 1.06. The van der Waals surface area contributed by atoms with E-state index in [1.807, 2.05) is 18.2 Å². The van der Waals surface area contributed by atoms with Gasteiger partial charge in [-0.1, -0.05) is 62.8 Å². The van der Waals surface area contributed by atoms with Gasteiger partial charge in [0, 0.05) is 88.5 Å². The van der Waals surface area contributed by atoms with Crippen LogP contribution in [0.1, 0.15) is 61.9 Å². The molecule has 0 saturated carbocycles. The number of piperazine rings is 1. The Bertz CT molecular complexity index is 2030. The molecular weight excluding hydrogens is 754 g/mol. The third-order valence-electron chi connectivity index (χ3n) is 11.7. The van der Waals surface area contributed by atoms with Crippen LogP contribution in [-0.4, -0.2) is 93.8 Å². The van der Waals surface area contributed by atoms with Crippen LogP contribution >= 0.6 is 23.4 Å². The molecule has 0 bridgehead atoms. The van der Waals surface area contributed by atoms with Crippen LogP contribution in [0, 0.1) is 5.41 Å². The number of carbonyl (C=O) groups excluding carboxylic acids is 1. The van der Waals surface area contributed by atoms with Crippen LogP contribution in [0.2, 0.25) is 30.7 Å². The van der Waals surface area contributed by atoms with Crippen molar-refractivity contribution in [1.82, 2.24) is 14.5 Å². The normalized spacial score (nSPS) is 18.0. The second-order valence-corrected chi connectivity index (χ2v) is 24.9. The van der Waals surface area contributed by atoms with Crippen molar-refractivity contribution in [3.63, 3.8) is 0 Å². The van der Waals surface area contributed by atoms with Gasteiger partial charge in [-0.05, 0) is 97.2 Å². The number of benzene rings is 2. The molecular formula is C45H60ClN5O3SSi. The van der Waals surface area contributed by atoms with E-state index in [1.165, 1.54) is 37.1 Å². The number of thioether (sulfide) groups is 1. The number of carbonyl (C=O) groups is 1. The van der Waals surface area contributed by atoms with Gasteiger partial charge in [-0.3, -0.25) is 4.90 Å². The number of hydrogen-bond acceptors (Lipinski definition) is 8. The highest BCUT2D eigenvalue weighted by Crippen LogP contribution is 2.45. The standard InChI is InChI=1S/C45H60ClN5O3SSi/c1-45(2)17-14-34(39(32-45)33-8-10-36(46)11-9-33)15-19-48-21-23-49(24-22-48)37-12-13-38(44(52)53-3)40(31-37)51-18-7-28-55-43-41(51)30-35-16-20-50(42(35)47-43)25-26-54-27-29-56(4,5)6/h8-13,16,20,30-31H,7,14-15,17-19,21-29,32H2,1-6H3. The molecule has 0 spiro atoms. The van der Waals surface area contributed by atoms with Gasteiger partial charge in [-0.25, -0.2) is 9.78 Å². The van der Waals surface area contributed by atoms with Gasteiger partial charge in [0.25, 0.3) is 0 Å². The van der Waals surface area contributed by atoms with E-state index < -0.39 is 8.07 Å². The van der Waals surface area contributed by atoms with Crippen LogP contribution in [0.15, 0.2) is 71.4 Å². The van der Waals surface area contributed by atoms with Crippen LogP contribution in [-0.2, 0) is 16.0 Å². The summed E-state index contributed by atoms with van der Waals surface area (Å²) in [5.41, 5.74) is 9.42. The number of esters is 1. The fourth-order valence-corrected chi connectivity index (χ4v) is 10.1. The van der Waals surface area contributed by atoms with Crippen molar-refractivity contribution in [1.29, 1.82) is 0 Å². The van der Waals surface area contributed by atoms with E-state index in [0.717, 1.165) is 116 Å². The first kappa shape index (κ1) is 40.9. The molecule has 2 aliphatic heterocycles. The van der Waals surface area contributed by atoms with E-state index in [1.54, 1.807) is 17.3 Å². The molecule has 1 fully saturated rings. The predicted molar refractivity (Wildman–Crippen MR) is 238 cm³/mol. The van der Waals surface area contributed by atoms with Crippen molar-refractivity contribution in [2.24, 2.45) is 5.41 Å². The van der Waals surface area contributed by atoms with E-state index in [2.05, 4.69) is 95.4 Å². The second-order valence-electron chi connectivity index (χ2n) is 17.7. The fraction of sp³-hybridized carbons (Fsp3) is 0.511. The molecule has 0 atom stereocenters. The molecule has 11 heteroatoms. The number of hydrogen-bond donors (Lipinski definition) is 0. The summed E-state index contributed by atoms with van der Waals surface area (Å²) in [6, 6.07) is 20.3. The number of fused-ring (bicyclic) bond motifs is 2. The van der Waals surface area contributed by atoms with Crippen LogP contribution in [0.4, 0.5) is 17.1 Å². The van der Waals surface area contributed by atoms with Gasteiger partial charge >= 0.3 is 5.97 Å². The molecule has 0 amide bonds. The zero-order valence-corrected chi connectivity index (χ0v) is 36.9. The smallest absolute Gasteiger partial charge is 0.339 e. The van der Waals surface area contributed by atoms with Gasteiger partial charge in [0.1, 0.15) is 10.7 Å². The quantitative estimate of drug-likeness (QED) is 0.0751. The van der Waals surface area contributed by atoms with E-state index in [0.29, 0.717) is 17.6 Å². The highest BCUT2D eigenvalue weighted by atomic mass is 35.5. The second kappa shape index (κ2) is 17.7. The highest BCUT2D eigenvalue weighted by molar-refractivity contribution is 7.99. The molecule has 4 heterocycles. The maximum atomic E-state index is 13.3. The van der Waals surface area contributed by atoms with Crippen molar-refractivity contribution in [2.75, 3.05) is 75.1 Å². The van der Waals surface area contributed by atoms with Crippen LogP contribution in [0.3, 0.4) is 0 Å². The first-order valence-electron chi connectivity index (χ1n) is 20.5. The first-order valence-corrected chi connectivity index (χ1v) is 25.6. The minimum Gasteiger partial charge on any atom is -0.465 e. The molecule has 56 heavy (non-hydrogen) atoms. The molecule has 2 aromatic heterocycles. The molecule has 7 rings (SSSR count). The predicted octanol–water partition coefficient (Wildman–Crippen LogP) is 10.6. The van der Waals surface area contributed by atoms with Crippen LogP contribution in [0.25, 0.3) is 16.6 Å². The Morgan fingerprint density at radius 1 is 0.946 bits per heavy atom. The van der Waals surface area contributed by atoms with Crippen molar-refractivity contribution < 1.29 is 14.3 Å². The van der Waals surface area contributed by atoms with Crippen molar-refractivity contribution in [3.05, 3.63) is 82.5 Å². The monoisotopic (exact) mass is 813 g/mol. The molecule has 0 N–H and O–H groups in total. The average molecular weight is 815 g/mol. The number of methoxy groups -OCH3 is 1. The summed E-state index contributed by atoms with van der Waals surface area (Å²) in [5, 5.41) is 2.89. The van der Waals surface area contributed by atoms with Crippen molar-refractivity contribution in [3.8, 4) is 0 Å². The van der Waals surface area contributed by atoms with E-state index in [9.17, 15) is 4.79 Å². The van der Waals surface area contributed by atoms with Gasteiger partial charge in [0.05, 0.1) is 30.7 Å². The summed E-state index contributed by atoms with van der Waals surface area (Å²) in [5.74, 6) is 0.649. The zero-order valence-electron chi connectivity index (χ0n) is 34.3. The molecule has 1 saturated heterocycles. The summed E-state index contributed by atoms with van der Waals surface area (Å²) < 4.78 is 13.6. The number of aromatic nitrogens is 2. The molecule has 4 aromatic rings. The van der Waals surface area contributed by atoms with Crippen LogP contribution < -0.4 is 9.80 Å². The number of anilines is 3. The average Bonchev–Trinajstić information content (AvgIpc) is 3.45. The first-order chi connectivity index (χ1) is 26.9. The van der Waals surface area contributed by atoms with E-state index >= 15 is 0 Å². The Morgan fingerprint density at radius 3 is 2.48 bits per heavy atom. The number of pyridine rings is 1. The molecule has 1 aliphatic carbocycles. The van der Waals surface area contributed by atoms with E-state index in [-0.39, 0.29) is 5.97 Å². The zero-order chi connectivity index (χ0) is 39.5. The maximum Gasteiger partial charge on any atom is 0.339 e. The lowest BCUT2D eigenvalue weighted by molar-refractivity contribution is 0.0601. The molecule has 300 valence electrons. The lowest BCUT2D eigenvalue weighted by Crippen LogP contribution is -2.46. The minimum absolute atomic E-state index is 0.317. The van der Waals surface area contributed by atoms with Gasteiger partial charge in [-0.15, -0.1) is 11.8 Å². The van der Waals surface area contributed by atoms with Crippen LogP contribution in [0.5, 0.6) is 0 Å². The third kappa shape index (κ3) is 9.87. The van der Waals surface area contributed by atoms with Gasteiger partial charge < -0.3 is 23.8 Å². The van der Waals surface area contributed by atoms with Gasteiger partial charge in [0.2, 0.25) is 0 Å². The molecule has 0 radical (unpaired) electrons. The van der Waals surface area contributed by atoms with Crippen molar-refractivity contribution in [2.45, 2.75) is 83.2 Å². The summed E-state index contributed by atoms with van der Waals surface area (Å²) in [6.07, 6.45) is 7.73. The molecule has 8 nitrogen and oxygen atoms in total. The third-order valence-corrected chi connectivity index (χ3v) is 14.8. The molecule has 3 aliphatic rings.